The maximum atomic E-state index is 12.9. The highest BCUT2D eigenvalue weighted by Crippen LogP contribution is 2.32. The number of piperazine rings is 1. The standard InChI is InChI=1S/C17H22F3N3O2/c1-2-11-25-15-4-3-13(17(18,19)20)12-14(15)16(24)22-7-10-23-8-5-21-6-9-23/h2-4,12,21H,1,5-11H2,(H,22,24). The number of halogens is 3. The molecule has 1 aliphatic heterocycles. The zero-order chi connectivity index (χ0) is 18.3. The van der Waals surface area contributed by atoms with E-state index < -0.39 is 17.6 Å². The summed E-state index contributed by atoms with van der Waals surface area (Å²) >= 11 is 0. The lowest BCUT2D eigenvalue weighted by Gasteiger charge is -2.27. The first-order valence-electron chi connectivity index (χ1n) is 8.08. The number of nitrogens with one attached hydrogen (secondary N) is 2. The van der Waals surface area contributed by atoms with Gasteiger partial charge in [0.2, 0.25) is 0 Å². The first-order chi connectivity index (χ1) is 11.9. The molecule has 1 amide bonds. The van der Waals surface area contributed by atoms with Crippen LogP contribution >= 0.6 is 0 Å². The molecule has 1 aromatic rings. The number of amides is 1. The van der Waals surface area contributed by atoms with Crippen molar-refractivity contribution in [2.75, 3.05) is 45.9 Å². The van der Waals surface area contributed by atoms with Crippen LogP contribution in [-0.2, 0) is 6.18 Å². The Labute approximate surface area is 144 Å². The van der Waals surface area contributed by atoms with Gasteiger partial charge in [-0.2, -0.15) is 13.2 Å². The van der Waals surface area contributed by atoms with E-state index in [1.165, 1.54) is 6.08 Å². The van der Waals surface area contributed by atoms with Crippen molar-refractivity contribution in [1.29, 1.82) is 0 Å². The van der Waals surface area contributed by atoms with Gasteiger partial charge in [0.25, 0.3) is 5.91 Å². The van der Waals surface area contributed by atoms with Crippen LogP contribution < -0.4 is 15.4 Å². The van der Waals surface area contributed by atoms with Gasteiger partial charge in [0.15, 0.2) is 0 Å². The molecule has 1 aliphatic rings. The molecular formula is C17H22F3N3O2. The summed E-state index contributed by atoms with van der Waals surface area (Å²) in [5, 5.41) is 5.89. The van der Waals surface area contributed by atoms with E-state index in [1.54, 1.807) is 0 Å². The molecule has 1 fully saturated rings. The Hall–Kier alpha value is -2.06. The molecule has 1 aromatic carbocycles. The Balaban J connectivity index is 2.04. The van der Waals surface area contributed by atoms with E-state index in [9.17, 15) is 18.0 Å². The van der Waals surface area contributed by atoms with Gasteiger partial charge < -0.3 is 15.4 Å². The fourth-order valence-electron chi connectivity index (χ4n) is 2.52. The van der Waals surface area contributed by atoms with Gasteiger partial charge in [0.1, 0.15) is 12.4 Å². The maximum Gasteiger partial charge on any atom is 0.416 e. The van der Waals surface area contributed by atoms with Gasteiger partial charge >= 0.3 is 6.18 Å². The molecule has 0 aromatic heterocycles. The van der Waals surface area contributed by atoms with Crippen molar-refractivity contribution in [2.45, 2.75) is 6.18 Å². The predicted molar refractivity (Wildman–Crippen MR) is 88.8 cm³/mol. The van der Waals surface area contributed by atoms with Gasteiger partial charge in [-0.05, 0) is 18.2 Å². The third-order valence-electron chi connectivity index (χ3n) is 3.83. The van der Waals surface area contributed by atoms with Gasteiger partial charge in [0, 0.05) is 39.3 Å². The second kappa shape index (κ2) is 8.87. The van der Waals surface area contributed by atoms with Crippen LogP contribution in [0.1, 0.15) is 15.9 Å². The summed E-state index contributed by atoms with van der Waals surface area (Å²) in [4.78, 5) is 14.5. The third-order valence-corrected chi connectivity index (χ3v) is 3.83. The quantitative estimate of drug-likeness (QED) is 0.732. The van der Waals surface area contributed by atoms with Gasteiger partial charge in [-0.3, -0.25) is 9.69 Å². The summed E-state index contributed by atoms with van der Waals surface area (Å²) in [5.41, 5.74) is -1.01. The number of hydrogen-bond donors (Lipinski definition) is 2. The van der Waals surface area contributed by atoms with E-state index in [4.69, 9.17) is 4.74 Å². The van der Waals surface area contributed by atoms with Gasteiger partial charge in [-0.25, -0.2) is 0 Å². The Kier molecular flexibility index (Phi) is 6.83. The number of ether oxygens (including phenoxy) is 1. The van der Waals surface area contributed by atoms with E-state index >= 15 is 0 Å². The van der Waals surface area contributed by atoms with Crippen LogP contribution in [0.2, 0.25) is 0 Å². The first kappa shape index (κ1) is 19.3. The average molecular weight is 357 g/mol. The van der Waals surface area contributed by atoms with Crippen molar-refractivity contribution in [2.24, 2.45) is 0 Å². The van der Waals surface area contributed by atoms with Crippen molar-refractivity contribution < 1.29 is 22.7 Å². The van der Waals surface area contributed by atoms with Crippen LogP contribution in [0.5, 0.6) is 5.75 Å². The highest BCUT2D eigenvalue weighted by Gasteiger charge is 2.32. The average Bonchev–Trinajstić information content (AvgIpc) is 2.59. The fourth-order valence-corrected chi connectivity index (χ4v) is 2.52. The fraction of sp³-hybridized carbons (Fsp3) is 0.471. The Bertz CT molecular complexity index is 599. The second-order valence-corrected chi connectivity index (χ2v) is 5.66. The molecule has 1 heterocycles. The van der Waals surface area contributed by atoms with E-state index in [2.05, 4.69) is 22.1 Å². The molecule has 0 bridgehead atoms. The molecule has 8 heteroatoms. The molecule has 0 radical (unpaired) electrons. The summed E-state index contributed by atoms with van der Waals surface area (Å²) in [5.74, 6) is -0.479. The molecular weight excluding hydrogens is 335 g/mol. The molecule has 2 N–H and O–H groups in total. The molecule has 1 saturated heterocycles. The van der Waals surface area contributed by atoms with Crippen molar-refractivity contribution in [1.82, 2.24) is 15.5 Å². The zero-order valence-electron chi connectivity index (χ0n) is 13.9. The van der Waals surface area contributed by atoms with Crippen molar-refractivity contribution in [3.05, 3.63) is 42.0 Å². The van der Waals surface area contributed by atoms with Crippen LogP contribution in [0.3, 0.4) is 0 Å². The van der Waals surface area contributed by atoms with E-state index in [0.29, 0.717) is 13.1 Å². The summed E-state index contributed by atoms with van der Waals surface area (Å²) in [6.07, 6.45) is -3.06. The van der Waals surface area contributed by atoms with Gasteiger partial charge in [-0.1, -0.05) is 12.7 Å². The highest BCUT2D eigenvalue weighted by molar-refractivity contribution is 5.97. The summed E-state index contributed by atoms with van der Waals surface area (Å²) in [6, 6.07) is 2.88. The Morgan fingerprint density at radius 1 is 1.36 bits per heavy atom. The summed E-state index contributed by atoms with van der Waals surface area (Å²) in [7, 11) is 0. The minimum absolute atomic E-state index is 0.104. The van der Waals surface area contributed by atoms with Crippen LogP contribution in [-0.4, -0.2) is 56.7 Å². The number of alkyl halides is 3. The smallest absolute Gasteiger partial charge is 0.416 e. The lowest BCUT2D eigenvalue weighted by Crippen LogP contribution is -2.46. The van der Waals surface area contributed by atoms with Crippen molar-refractivity contribution in [3.8, 4) is 5.75 Å². The van der Waals surface area contributed by atoms with Crippen molar-refractivity contribution in [3.63, 3.8) is 0 Å². The molecule has 5 nitrogen and oxygen atoms in total. The highest BCUT2D eigenvalue weighted by atomic mass is 19.4. The van der Waals surface area contributed by atoms with Crippen LogP contribution in [0, 0.1) is 0 Å². The number of carbonyl (C=O) groups excluding carboxylic acids is 1. The molecule has 25 heavy (non-hydrogen) atoms. The molecule has 0 spiro atoms. The van der Waals surface area contributed by atoms with E-state index in [0.717, 1.165) is 44.4 Å². The number of benzene rings is 1. The second-order valence-electron chi connectivity index (χ2n) is 5.66. The number of nitrogens with zero attached hydrogens (tertiary/aromatic N) is 1. The number of rotatable bonds is 7. The monoisotopic (exact) mass is 357 g/mol. The summed E-state index contributed by atoms with van der Waals surface area (Å²) in [6.45, 7) is 8.15. The van der Waals surface area contributed by atoms with Crippen LogP contribution in [0.4, 0.5) is 13.2 Å². The van der Waals surface area contributed by atoms with Crippen LogP contribution in [0.25, 0.3) is 0 Å². The lowest BCUT2D eigenvalue weighted by atomic mass is 10.1. The van der Waals surface area contributed by atoms with Gasteiger partial charge in [0.05, 0.1) is 11.1 Å². The third kappa shape index (κ3) is 5.75. The normalized spacial score (nSPS) is 15.6. The van der Waals surface area contributed by atoms with Crippen LogP contribution in [0.15, 0.2) is 30.9 Å². The van der Waals surface area contributed by atoms with Crippen molar-refractivity contribution >= 4 is 5.91 Å². The maximum absolute atomic E-state index is 12.9. The lowest BCUT2D eigenvalue weighted by molar-refractivity contribution is -0.137. The molecule has 0 aliphatic carbocycles. The summed E-state index contributed by atoms with van der Waals surface area (Å²) < 4.78 is 44.0. The SMILES string of the molecule is C=CCOc1ccc(C(F)(F)F)cc1C(=O)NCCN1CCNCC1. The first-order valence-corrected chi connectivity index (χ1v) is 8.08. The van der Waals surface area contributed by atoms with E-state index in [-0.39, 0.29) is 17.9 Å². The minimum atomic E-state index is -4.52. The van der Waals surface area contributed by atoms with E-state index in [1.807, 2.05) is 0 Å². The largest absolute Gasteiger partial charge is 0.489 e. The number of hydrogen-bond acceptors (Lipinski definition) is 4. The molecule has 2 rings (SSSR count). The molecule has 0 saturated carbocycles. The number of carbonyl (C=O) groups is 1. The zero-order valence-corrected chi connectivity index (χ0v) is 13.9. The predicted octanol–water partition coefficient (Wildman–Crippen LogP) is 1.91. The van der Waals surface area contributed by atoms with Gasteiger partial charge in [-0.15, -0.1) is 0 Å². The Morgan fingerprint density at radius 3 is 2.72 bits per heavy atom. The Morgan fingerprint density at radius 2 is 2.08 bits per heavy atom. The molecule has 0 atom stereocenters. The molecule has 138 valence electrons. The molecule has 0 unspecified atom stereocenters. The minimum Gasteiger partial charge on any atom is -0.489 e. The topological polar surface area (TPSA) is 53.6 Å².